The van der Waals surface area contributed by atoms with Crippen LogP contribution in [-0.4, -0.2) is 11.0 Å². The number of hydrogen-bond donors (Lipinski definition) is 1. The van der Waals surface area contributed by atoms with E-state index in [2.05, 4.69) is 41.5 Å². The van der Waals surface area contributed by atoms with Gasteiger partial charge >= 0.3 is 0 Å². The molecule has 1 N–H and O–H groups in total. The molecule has 1 atom stereocenters. The van der Waals surface area contributed by atoms with Crippen LogP contribution in [0.1, 0.15) is 37.3 Å². The summed E-state index contributed by atoms with van der Waals surface area (Å²) in [5, 5.41) is 6.01. The van der Waals surface area contributed by atoms with Gasteiger partial charge in [-0.05, 0) is 67.0 Å². The normalized spacial score (nSPS) is 12.4. The fourth-order valence-electron chi connectivity index (χ4n) is 3.11. The van der Waals surface area contributed by atoms with Crippen molar-refractivity contribution in [2.24, 2.45) is 0 Å². The first-order valence-electron chi connectivity index (χ1n) is 9.01. The SMILES string of the molecule is C[C@H](CCCCc1cccc(F)c1)NCc1ccc2cnccc2c1. The summed E-state index contributed by atoms with van der Waals surface area (Å²) in [5.74, 6) is -0.140. The molecule has 3 rings (SSSR count). The number of rotatable bonds is 8. The Morgan fingerprint density at radius 3 is 2.80 bits per heavy atom. The van der Waals surface area contributed by atoms with Crippen molar-refractivity contribution in [3.8, 4) is 0 Å². The van der Waals surface area contributed by atoms with E-state index in [4.69, 9.17) is 0 Å². The molecule has 0 amide bonds. The molecule has 1 aromatic heterocycles. The average molecular weight is 336 g/mol. The minimum atomic E-state index is -0.140. The van der Waals surface area contributed by atoms with E-state index in [0.29, 0.717) is 6.04 Å². The van der Waals surface area contributed by atoms with Crippen LogP contribution in [-0.2, 0) is 13.0 Å². The molecule has 130 valence electrons. The van der Waals surface area contributed by atoms with Crippen molar-refractivity contribution in [2.75, 3.05) is 0 Å². The minimum absolute atomic E-state index is 0.140. The zero-order valence-corrected chi connectivity index (χ0v) is 14.7. The lowest BCUT2D eigenvalue weighted by Gasteiger charge is -2.14. The second-order valence-electron chi connectivity index (χ2n) is 6.71. The molecule has 2 nitrogen and oxygen atoms in total. The van der Waals surface area contributed by atoms with Gasteiger partial charge in [-0.2, -0.15) is 0 Å². The molecule has 0 bridgehead atoms. The van der Waals surface area contributed by atoms with E-state index in [1.54, 1.807) is 12.1 Å². The Bertz CT molecular complexity index is 816. The molecular formula is C22H25FN2. The fraction of sp³-hybridized carbons (Fsp3) is 0.318. The first kappa shape index (κ1) is 17.6. The number of hydrogen-bond acceptors (Lipinski definition) is 2. The second-order valence-corrected chi connectivity index (χ2v) is 6.71. The van der Waals surface area contributed by atoms with Gasteiger partial charge in [0.15, 0.2) is 0 Å². The van der Waals surface area contributed by atoms with E-state index in [1.165, 1.54) is 22.4 Å². The number of unbranched alkanes of at least 4 members (excludes halogenated alkanes) is 1. The van der Waals surface area contributed by atoms with Gasteiger partial charge in [-0.3, -0.25) is 4.98 Å². The summed E-state index contributed by atoms with van der Waals surface area (Å²) in [6.45, 7) is 3.11. The highest BCUT2D eigenvalue weighted by Crippen LogP contribution is 2.15. The second kappa shape index (κ2) is 8.72. The van der Waals surface area contributed by atoms with Gasteiger partial charge in [-0.1, -0.05) is 30.7 Å². The van der Waals surface area contributed by atoms with Crippen LogP contribution in [0.25, 0.3) is 10.8 Å². The van der Waals surface area contributed by atoms with E-state index in [-0.39, 0.29) is 5.82 Å². The third-order valence-corrected chi connectivity index (χ3v) is 4.60. The van der Waals surface area contributed by atoms with E-state index >= 15 is 0 Å². The quantitative estimate of drug-likeness (QED) is 0.567. The van der Waals surface area contributed by atoms with Crippen molar-refractivity contribution in [3.05, 3.63) is 77.9 Å². The summed E-state index contributed by atoms with van der Waals surface area (Å²) in [6, 6.07) is 16.0. The number of pyridine rings is 1. The molecule has 3 heteroatoms. The van der Waals surface area contributed by atoms with Crippen molar-refractivity contribution in [1.29, 1.82) is 0 Å². The molecule has 2 aromatic carbocycles. The average Bonchev–Trinajstić information content (AvgIpc) is 2.63. The molecule has 0 aliphatic heterocycles. The molecule has 1 heterocycles. The highest BCUT2D eigenvalue weighted by atomic mass is 19.1. The number of nitrogens with zero attached hydrogens (tertiary/aromatic N) is 1. The third-order valence-electron chi connectivity index (χ3n) is 4.60. The first-order valence-corrected chi connectivity index (χ1v) is 9.01. The number of aromatic nitrogens is 1. The van der Waals surface area contributed by atoms with Gasteiger partial charge in [0.1, 0.15) is 5.82 Å². The number of aryl methyl sites for hydroxylation is 1. The van der Waals surface area contributed by atoms with Gasteiger partial charge in [-0.15, -0.1) is 0 Å². The smallest absolute Gasteiger partial charge is 0.123 e. The first-order chi connectivity index (χ1) is 12.2. The molecule has 0 saturated carbocycles. The molecule has 25 heavy (non-hydrogen) atoms. The van der Waals surface area contributed by atoms with Crippen molar-refractivity contribution in [3.63, 3.8) is 0 Å². The number of halogens is 1. The molecule has 0 fully saturated rings. The van der Waals surface area contributed by atoms with Crippen LogP contribution in [0.15, 0.2) is 60.9 Å². The van der Waals surface area contributed by atoms with Gasteiger partial charge in [-0.25, -0.2) is 4.39 Å². The van der Waals surface area contributed by atoms with Gasteiger partial charge in [0.05, 0.1) is 0 Å². The predicted molar refractivity (Wildman–Crippen MR) is 102 cm³/mol. The lowest BCUT2D eigenvalue weighted by Crippen LogP contribution is -2.25. The standard InChI is InChI=1S/C22H25FN2/c1-17(5-2-3-6-18-7-4-8-22(23)14-18)25-15-19-9-10-21-16-24-12-11-20(21)13-19/h4,7-14,16-17,25H,2-3,5-6,15H2,1H3/t17-/m1/s1. The molecule has 3 aromatic rings. The van der Waals surface area contributed by atoms with Crippen molar-refractivity contribution in [2.45, 2.75) is 45.2 Å². The van der Waals surface area contributed by atoms with E-state index < -0.39 is 0 Å². The molecule has 0 aliphatic rings. The Hall–Kier alpha value is -2.26. The zero-order chi connectivity index (χ0) is 17.5. The van der Waals surface area contributed by atoms with Crippen molar-refractivity contribution < 1.29 is 4.39 Å². The van der Waals surface area contributed by atoms with Crippen LogP contribution in [0.2, 0.25) is 0 Å². The minimum Gasteiger partial charge on any atom is -0.310 e. The summed E-state index contributed by atoms with van der Waals surface area (Å²) in [6.07, 6.45) is 8.05. The summed E-state index contributed by atoms with van der Waals surface area (Å²) < 4.78 is 13.2. The van der Waals surface area contributed by atoms with Crippen LogP contribution in [0.4, 0.5) is 4.39 Å². The van der Waals surface area contributed by atoms with Crippen LogP contribution in [0.3, 0.4) is 0 Å². The van der Waals surface area contributed by atoms with Crippen LogP contribution in [0.5, 0.6) is 0 Å². The monoisotopic (exact) mass is 336 g/mol. The largest absolute Gasteiger partial charge is 0.310 e. The van der Waals surface area contributed by atoms with Crippen LogP contribution < -0.4 is 5.32 Å². The maximum atomic E-state index is 13.2. The molecular weight excluding hydrogens is 311 g/mol. The fourth-order valence-corrected chi connectivity index (χ4v) is 3.11. The molecule has 0 spiro atoms. The Labute approximate surface area is 149 Å². The summed E-state index contributed by atoms with van der Waals surface area (Å²) in [5.41, 5.74) is 2.39. The Morgan fingerprint density at radius 2 is 1.92 bits per heavy atom. The number of nitrogens with one attached hydrogen (secondary N) is 1. The number of benzene rings is 2. The van der Waals surface area contributed by atoms with Gasteiger partial charge in [0, 0.05) is 30.4 Å². The van der Waals surface area contributed by atoms with Gasteiger partial charge in [0.2, 0.25) is 0 Å². The van der Waals surface area contributed by atoms with Gasteiger partial charge in [0.25, 0.3) is 0 Å². The lowest BCUT2D eigenvalue weighted by molar-refractivity contribution is 0.489. The number of fused-ring (bicyclic) bond motifs is 1. The maximum absolute atomic E-state index is 13.2. The predicted octanol–water partition coefficient (Wildman–Crippen LogP) is 5.27. The molecule has 0 unspecified atom stereocenters. The molecule has 0 radical (unpaired) electrons. The van der Waals surface area contributed by atoms with E-state index in [1.807, 2.05) is 18.5 Å². The Balaban J connectivity index is 1.39. The topological polar surface area (TPSA) is 24.9 Å². The van der Waals surface area contributed by atoms with Crippen LogP contribution in [0, 0.1) is 5.82 Å². The summed E-state index contributed by atoms with van der Waals surface area (Å²) >= 11 is 0. The summed E-state index contributed by atoms with van der Waals surface area (Å²) in [4.78, 5) is 4.15. The lowest BCUT2D eigenvalue weighted by atomic mass is 10.0. The van der Waals surface area contributed by atoms with Crippen LogP contribution >= 0.6 is 0 Å². The summed E-state index contributed by atoms with van der Waals surface area (Å²) in [7, 11) is 0. The zero-order valence-electron chi connectivity index (χ0n) is 14.7. The Morgan fingerprint density at radius 1 is 1.00 bits per heavy atom. The van der Waals surface area contributed by atoms with E-state index in [0.717, 1.165) is 37.8 Å². The highest BCUT2D eigenvalue weighted by Gasteiger charge is 2.03. The Kier molecular flexibility index (Phi) is 6.13. The molecule has 0 saturated heterocycles. The molecule has 0 aliphatic carbocycles. The van der Waals surface area contributed by atoms with Crippen molar-refractivity contribution in [1.82, 2.24) is 10.3 Å². The van der Waals surface area contributed by atoms with Crippen molar-refractivity contribution >= 4 is 10.8 Å². The van der Waals surface area contributed by atoms with E-state index in [9.17, 15) is 4.39 Å². The third kappa shape index (κ3) is 5.36. The highest BCUT2D eigenvalue weighted by molar-refractivity contribution is 5.81. The van der Waals surface area contributed by atoms with Gasteiger partial charge < -0.3 is 5.32 Å². The maximum Gasteiger partial charge on any atom is 0.123 e.